The molecule has 2 N–H and O–H groups in total. The molecule has 0 radical (unpaired) electrons. The number of nitrogens with one attached hydrogen (secondary N) is 1. The maximum Gasteiger partial charge on any atom is 0.263 e. The Morgan fingerprint density at radius 1 is 1.17 bits per heavy atom. The number of carbonyl (C=O) groups is 1. The van der Waals surface area contributed by atoms with Crippen LogP contribution in [0.2, 0.25) is 0 Å². The van der Waals surface area contributed by atoms with Gasteiger partial charge in [-0.2, -0.15) is 0 Å². The van der Waals surface area contributed by atoms with E-state index in [1.165, 1.54) is 0 Å². The summed E-state index contributed by atoms with van der Waals surface area (Å²) < 4.78 is 11.3. The van der Waals surface area contributed by atoms with Gasteiger partial charge in [0, 0.05) is 6.54 Å². The normalized spacial score (nSPS) is 23.7. The number of benzene rings is 2. The zero-order valence-corrected chi connectivity index (χ0v) is 16.7. The number of amides is 1. The van der Waals surface area contributed by atoms with Crippen molar-refractivity contribution >= 4 is 11.6 Å². The molecule has 2 aromatic rings. The fourth-order valence-corrected chi connectivity index (χ4v) is 4.10. The predicted molar refractivity (Wildman–Crippen MR) is 111 cm³/mol. The van der Waals surface area contributed by atoms with Crippen molar-refractivity contribution < 1.29 is 19.4 Å². The van der Waals surface area contributed by atoms with Crippen LogP contribution in [0.25, 0.3) is 0 Å². The summed E-state index contributed by atoms with van der Waals surface area (Å²) in [7, 11) is 1.65. The topological polar surface area (TPSA) is 71.0 Å². The van der Waals surface area contributed by atoms with Crippen LogP contribution in [0.4, 0.5) is 5.69 Å². The highest BCUT2D eigenvalue weighted by molar-refractivity contribution is 5.83. The first-order chi connectivity index (χ1) is 14.1. The van der Waals surface area contributed by atoms with Gasteiger partial charge in [0.05, 0.1) is 31.5 Å². The molecule has 1 fully saturated rings. The van der Waals surface area contributed by atoms with Crippen molar-refractivity contribution in [2.24, 2.45) is 0 Å². The summed E-state index contributed by atoms with van der Waals surface area (Å²) >= 11 is 0. The second-order valence-corrected chi connectivity index (χ2v) is 7.77. The Kier molecular flexibility index (Phi) is 5.90. The van der Waals surface area contributed by atoms with Gasteiger partial charge in [-0.25, -0.2) is 0 Å². The van der Waals surface area contributed by atoms with Gasteiger partial charge in [-0.1, -0.05) is 37.1 Å². The van der Waals surface area contributed by atoms with E-state index in [-0.39, 0.29) is 11.9 Å². The standard InChI is InChI=1S/C23H28N2O4/c1-28-17-12-10-16(11-13-17)14-25-15-22(29-21-9-5-3-7-19(21)25)23(27)24-18-6-2-4-8-20(18)26/h3,5,7,9-13,18,20,22,26H,2,4,6,8,14-15H2,1H3,(H,24,27). The van der Waals surface area contributed by atoms with E-state index in [9.17, 15) is 9.90 Å². The maximum atomic E-state index is 12.9. The second-order valence-electron chi connectivity index (χ2n) is 7.77. The van der Waals surface area contributed by atoms with Gasteiger partial charge >= 0.3 is 0 Å². The molecule has 2 aromatic carbocycles. The molecule has 1 saturated carbocycles. The van der Waals surface area contributed by atoms with Crippen LogP contribution in [0.1, 0.15) is 31.2 Å². The Labute approximate surface area is 171 Å². The molecule has 154 valence electrons. The van der Waals surface area contributed by atoms with Gasteiger partial charge in [0.2, 0.25) is 0 Å². The number of anilines is 1. The molecule has 3 unspecified atom stereocenters. The Bertz CT molecular complexity index is 839. The van der Waals surface area contributed by atoms with Crippen molar-refractivity contribution in [2.75, 3.05) is 18.6 Å². The third-order valence-corrected chi connectivity index (χ3v) is 5.74. The van der Waals surface area contributed by atoms with Crippen molar-refractivity contribution in [3.8, 4) is 11.5 Å². The molecule has 1 heterocycles. The summed E-state index contributed by atoms with van der Waals surface area (Å²) in [6.07, 6.45) is 2.50. The summed E-state index contributed by atoms with van der Waals surface area (Å²) in [6.45, 7) is 1.12. The SMILES string of the molecule is COc1ccc(CN2CC(C(=O)NC3CCCCC3O)Oc3ccccc32)cc1. The lowest BCUT2D eigenvalue weighted by Crippen LogP contribution is -2.54. The van der Waals surface area contributed by atoms with E-state index in [0.717, 1.165) is 42.7 Å². The minimum absolute atomic E-state index is 0.162. The number of fused-ring (bicyclic) bond motifs is 1. The highest BCUT2D eigenvalue weighted by Gasteiger charge is 2.33. The third-order valence-electron chi connectivity index (χ3n) is 5.74. The van der Waals surface area contributed by atoms with E-state index < -0.39 is 12.2 Å². The second kappa shape index (κ2) is 8.74. The van der Waals surface area contributed by atoms with Crippen molar-refractivity contribution in [3.63, 3.8) is 0 Å². The van der Waals surface area contributed by atoms with E-state index in [4.69, 9.17) is 9.47 Å². The summed E-state index contributed by atoms with van der Waals surface area (Å²) in [5.41, 5.74) is 2.11. The maximum absolute atomic E-state index is 12.9. The van der Waals surface area contributed by atoms with Crippen LogP contribution in [-0.4, -0.2) is 42.9 Å². The fourth-order valence-electron chi connectivity index (χ4n) is 4.10. The van der Waals surface area contributed by atoms with E-state index in [0.29, 0.717) is 18.8 Å². The molecule has 4 rings (SSSR count). The van der Waals surface area contributed by atoms with E-state index in [1.54, 1.807) is 7.11 Å². The van der Waals surface area contributed by atoms with Crippen molar-refractivity contribution in [1.29, 1.82) is 0 Å². The first kappa shape index (κ1) is 19.6. The number of nitrogens with zero attached hydrogens (tertiary/aromatic N) is 1. The van der Waals surface area contributed by atoms with Crippen LogP contribution < -0.4 is 19.7 Å². The third kappa shape index (κ3) is 4.48. The highest BCUT2D eigenvalue weighted by Crippen LogP contribution is 2.34. The molecule has 0 aromatic heterocycles. The molecule has 1 aliphatic carbocycles. The average molecular weight is 396 g/mol. The molecule has 6 nitrogen and oxygen atoms in total. The fraction of sp³-hybridized carbons (Fsp3) is 0.435. The summed E-state index contributed by atoms with van der Waals surface area (Å²) in [4.78, 5) is 15.1. The molecule has 0 spiro atoms. The molecular formula is C23H28N2O4. The lowest BCUT2D eigenvalue weighted by Gasteiger charge is -2.37. The van der Waals surface area contributed by atoms with Gasteiger partial charge < -0.3 is 24.8 Å². The number of rotatable bonds is 5. The number of hydrogen-bond donors (Lipinski definition) is 2. The first-order valence-electron chi connectivity index (χ1n) is 10.3. The Balaban J connectivity index is 1.49. The molecule has 29 heavy (non-hydrogen) atoms. The molecule has 0 saturated heterocycles. The number of aliphatic hydroxyl groups is 1. The number of methoxy groups -OCH3 is 1. The van der Waals surface area contributed by atoms with Crippen LogP contribution in [0.5, 0.6) is 11.5 Å². The van der Waals surface area contributed by atoms with E-state index in [1.807, 2.05) is 48.5 Å². The van der Waals surface area contributed by atoms with Gasteiger partial charge in [-0.15, -0.1) is 0 Å². The largest absolute Gasteiger partial charge is 0.497 e. The monoisotopic (exact) mass is 396 g/mol. The molecule has 2 aliphatic rings. The van der Waals surface area contributed by atoms with Gasteiger partial charge in [0.25, 0.3) is 5.91 Å². The molecule has 1 amide bonds. The van der Waals surface area contributed by atoms with Crippen LogP contribution >= 0.6 is 0 Å². The first-order valence-corrected chi connectivity index (χ1v) is 10.3. The Morgan fingerprint density at radius 2 is 1.93 bits per heavy atom. The minimum atomic E-state index is -0.614. The summed E-state index contributed by atoms with van der Waals surface area (Å²) in [6, 6.07) is 15.6. The predicted octanol–water partition coefficient (Wildman–Crippen LogP) is 2.88. The highest BCUT2D eigenvalue weighted by atomic mass is 16.5. The average Bonchev–Trinajstić information content (AvgIpc) is 2.76. The van der Waals surface area contributed by atoms with Crippen LogP contribution in [-0.2, 0) is 11.3 Å². The smallest absolute Gasteiger partial charge is 0.263 e. The minimum Gasteiger partial charge on any atom is -0.497 e. The lowest BCUT2D eigenvalue weighted by molar-refractivity contribution is -0.129. The van der Waals surface area contributed by atoms with E-state index in [2.05, 4.69) is 10.2 Å². The van der Waals surface area contributed by atoms with E-state index >= 15 is 0 Å². The lowest BCUT2D eigenvalue weighted by atomic mass is 9.92. The van der Waals surface area contributed by atoms with Crippen LogP contribution in [0.15, 0.2) is 48.5 Å². The van der Waals surface area contributed by atoms with Gasteiger partial charge in [0.1, 0.15) is 11.5 Å². The zero-order chi connectivity index (χ0) is 20.2. The number of para-hydroxylation sites is 2. The van der Waals surface area contributed by atoms with Gasteiger partial charge in [-0.05, 0) is 42.7 Å². The number of carbonyl (C=O) groups excluding carboxylic acids is 1. The molecule has 3 atom stereocenters. The number of hydrogen-bond acceptors (Lipinski definition) is 5. The molecule has 0 bridgehead atoms. The quantitative estimate of drug-likeness (QED) is 0.813. The Morgan fingerprint density at radius 3 is 2.69 bits per heavy atom. The Hall–Kier alpha value is -2.73. The zero-order valence-electron chi connectivity index (χ0n) is 16.7. The van der Waals surface area contributed by atoms with Crippen molar-refractivity contribution in [1.82, 2.24) is 5.32 Å². The summed E-state index contributed by atoms with van der Waals surface area (Å²) in [5.74, 6) is 1.36. The number of ether oxygens (including phenoxy) is 2. The van der Waals surface area contributed by atoms with Gasteiger partial charge in [0.15, 0.2) is 6.10 Å². The van der Waals surface area contributed by atoms with Crippen molar-refractivity contribution in [3.05, 3.63) is 54.1 Å². The molecule has 1 aliphatic heterocycles. The molecule has 6 heteroatoms. The van der Waals surface area contributed by atoms with Crippen LogP contribution in [0.3, 0.4) is 0 Å². The van der Waals surface area contributed by atoms with Gasteiger partial charge in [-0.3, -0.25) is 4.79 Å². The summed E-state index contributed by atoms with van der Waals surface area (Å²) in [5, 5.41) is 13.2. The number of aliphatic hydroxyl groups excluding tert-OH is 1. The molecular weight excluding hydrogens is 368 g/mol. The van der Waals surface area contributed by atoms with Crippen LogP contribution in [0, 0.1) is 0 Å². The van der Waals surface area contributed by atoms with Crippen molar-refractivity contribution in [2.45, 2.75) is 50.5 Å².